The number of amides is 1. The molecular weight excluding hydrogens is 192 g/mol. The smallest absolute Gasteiger partial charge is 0.248 e. The number of primary amides is 1. The lowest BCUT2D eigenvalue weighted by Gasteiger charge is -2.10. The predicted molar refractivity (Wildman–Crippen MR) is 47.1 cm³/mol. The molecule has 5 nitrogen and oxygen atoms in total. The number of azo groups is 1. The zero-order valence-corrected chi connectivity index (χ0v) is 7.25. The lowest BCUT2D eigenvalue weighted by atomic mass is 10.0. The number of nitrogens with two attached hydrogens (primary N) is 1. The molecule has 2 rings (SSSR count). The second-order valence-electron chi connectivity index (χ2n) is 2.62. The molecule has 66 valence electrons. The highest BCUT2D eigenvalue weighted by Gasteiger charge is 2.23. The quantitative estimate of drug-likeness (QED) is 0.626. The molecule has 13 heavy (non-hydrogen) atoms. The Morgan fingerprint density at radius 2 is 2.38 bits per heavy atom. The third-order valence-electron chi connectivity index (χ3n) is 1.77. The second kappa shape index (κ2) is 2.77. The summed E-state index contributed by atoms with van der Waals surface area (Å²) in [5.74, 6) is -0.0874. The highest BCUT2D eigenvalue weighted by atomic mass is 35.5. The van der Waals surface area contributed by atoms with E-state index in [1.807, 2.05) is 0 Å². The van der Waals surface area contributed by atoms with Crippen molar-refractivity contribution in [2.45, 2.75) is 6.42 Å². The fraction of sp³-hybridized carbons (Fsp3) is 0.143. The fourth-order valence-corrected chi connectivity index (χ4v) is 1.35. The molecule has 2 aliphatic heterocycles. The predicted octanol–water partition coefficient (Wildman–Crippen LogP) is 1.07. The number of hydrogen-bond donors (Lipinski definition) is 1. The maximum atomic E-state index is 10.9. The van der Waals surface area contributed by atoms with Crippen molar-refractivity contribution in [3.8, 4) is 0 Å². The Kier molecular flexibility index (Phi) is 1.73. The topological polar surface area (TPSA) is 80.2 Å². The maximum Gasteiger partial charge on any atom is 0.248 e. The molecule has 0 fully saturated rings. The molecule has 0 aromatic heterocycles. The molecule has 0 spiro atoms. The number of carbonyl (C=O) groups excluding carboxylic acids is 1. The van der Waals surface area contributed by atoms with Crippen molar-refractivity contribution >= 4 is 23.3 Å². The van der Waals surface area contributed by atoms with Gasteiger partial charge >= 0.3 is 0 Å². The van der Waals surface area contributed by atoms with Gasteiger partial charge in [0.05, 0.1) is 11.8 Å². The largest absolute Gasteiger partial charge is 0.366 e. The summed E-state index contributed by atoms with van der Waals surface area (Å²) >= 11 is 5.71. The van der Waals surface area contributed by atoms with Crippen molar-refractivity contribution in [2.24, 2.45) is 21.0 Å². The lowest BCUT2D eigenvalue weighted by molar-refractivity contribution is -0.114. The summed E-state index contributed by atoms with van der Waals surface area (Å²) < 4.78 is 0. The number of rotatable bonds is 1. The molecule has 0 aromatic carbocycles. The van der Waals surface area contributed by atoms with Gasteiger partial charge in [-0.3, -0.25) is 4.79 Å². The number of carbonyl (C=O) groups is 1. The van der Waals surface area contributed by atoms with Crippen molar-refractivity contribution in [1.82, 2.24) is 0 Å². The van der Waals surface area contributed by atoms with Gasteiger partial charge in [0.25, 0.3) is 0 Å². The molecule has 6 heteroatoms. The summed E-state index contributed by atoms with van der Waals surface area (Å²) in [6, 6.07) is 0. The Hall–Kier alpha value is -1.49. The summed E-state index contributed by atoms with van der Waals surface area (Å²) in [5.41, 5.74) is 6.19. The molecule has 0 aliphatic carbocycles. The van der Waals surface area contributed by atoms with Crippen molar-refractivity contribution in [3.05, 3.63) is 22.5 Å². The summed E-state index contributed by atoms with van der Waals surface area (Å²) in [7, 11) is 0. The van der Waals surface area contributed by atoms with Crippen LogP contribution in [0.5, 0.6) is 0 Å². The minimum Gasteiger partial charge on any atom is -0.366 e. The third-order valence-corrected chi connectivity index (χ3v) is 2.08. The summed E-state index contributed by atoms with van der Waals surface area (Å²) in [5, 5.41) is 7.48. The van der Waals surface area contributed by atoms with Gasteiger partial charge in [-0.05, 0) is 0 Å². The molecule has 0 radical (unpaired) electrons. The Bertz CT molecular complexity index is 405. The van der Waals surface area contributed by atoms with Crippen molar-refractivity contribution in [2.75, 3.05) is 0 Å². The van der Waals surface area contributed by atoms with Gasteiger partial charge in [0.15, 0.2) is 5.84 Å². The lowest BCUT2D eigenvalue weighted by Crippen LogP contribution is -2.18. The van der Waals surface area contributed by atoms with Gasteiger partial charge in [0.1, 0.15) is 5.16 Å². The molecule has 0 atom stereocenters. The molecule has 0 aromatic rings. The third kappa shape index (κ3) is 1.27. The zero-order valence-electron chi connectivity index (χ0n) is 6.49. The summed E-state index contributed by atoms with van der Waals surface area (Å²) in [6.45, 7) is 0. The van der Waals surface area contributed by atoms with E-state index in [0.717, 1.165) is 5.57 Å². The first-order valence-corrected chi connectivity index (χ1v) is 3.93. The van der Waals surface area contributed by atoms with E-state index in [1.54, 1.807) is 6.20 Å². The van der Waals surface area contributed by atoms with Gasteiger partial charge in [0.2, 0.25) is 5.91 Å². The van der Waals surface area contributed by atoms with E-state index in [4.69, 9.17) is 17.3 Å². The number of amidine groups is 1. The van der Waals surface area contributed by atoms with Crippen LogP contribution >= 0.6 is 11.6 Å². The first kappa shape index (κ1) is 8.12. The Labute approximate surface area is 78.7 Å². The van der Waals surface area contributed by atoms with E-state index in [9.17, 15) is 4.79 Å². The number of halogens is 1. The highest BCUT2D eigenvalue weighted by Crippen LogP contribution is 2.28. The highest BCUT2D eigenvalue weighted by molar-refractivity contribution is 6.33. The van der Waals surface area contributed by atoms with Crippen LogP contribution < -0.4 is 5.73 Å². The molecule has 2 heterocycles. The molecular formula is C7H5ClN4O. The average Bonchev–Trinajstić information content (AvgIpc) is 2.48. The van der Waals surface area contributed by atoms with Crippen LogP contribution in [-0.2, 0) is 4.79 Å². The van der Waals surface area contributed by atoms with Crippen LogP contribution in [0.2, 0.25) is 0 Å². The van der Waals surface area contributed by atoms with E-state index in [-0.39, 0.29) is 5.16 Å². The van der Waals surface area contributed by atoms with Crippen LogP contribution in [0.25, 0.3) is 0 Å². The minimum atomic E-state index is -0.555. The van der Waals surface area contributed by atoms with Gasteiger partial charge in [-0.15, -0.1) is 5.11 Å². The van der Waals surface area contributed by atoms with Crippen LogP contribution in [-0.4, -0.2) is 11.7 Å². The molecule has 2 aliphatic rings. The maximum absolute atomic E-state index is 10.9. The van der Waals surface area contributed by atoms with E-state index in [1.165, 1.54) is 0 Å². The van der Waals surface area contributed by atoms with Gasteiger partial charge in [-0.1, -0.05) is 11.6 Å². The first-order chi connectivity index (χ1) is 6.18. The Morgan fingerprint density at radius 3 is 3.08 bits per heavy atom. The second-order valence-corrected chi connectivity index (χ2v) is 2.97. The molecule has 1 amide bonds. The van der Waals surface area contributed by atoms with E-state index in [2.05, 4.69) is 15.2 Å². The van der Waals surface area contributed by atoms with Crippen LogP contribution in [0.4, 0.5) is 0 Å². The summed E-state index contributed by atoms with van der Waals surface area (Å²) in [6.07, 6.45) is 1.91. The normalized spacial score (nSPS) is 19.8. The fourth-order valence-electron chi connectivity index (χ4n) is 1.11. The number of hydrogen-bond acceptors (Lipinski definition) is 4. The van der Waals surface area contributed by atoms with Gasteiger partial charge < -0.3 is 5.73 Å². The van der Waals surface area contributed by atoms with Crippen molar-refractivity contribution in [1.29, 1.82) is 0 Å². The average molecular weight is 197 g/mol. The van der Waals surface area contributed by atoms with Crippen LogP contribution in [0.1, 0.15) is 6.42 Å². The SMILES string of the molecule is NC(=O)C1=C(Cl)N=C2N=NC=C2C1. The van der Waals surface area contributed by atoms with Gasteiger partial charge in [0, 0.05) is 12.0 Å². The molecule has 0 unspecified atom stereocenters. The van der Waals surface area contributed by atoms with E-state index >= 15 is 0 Å². The Morgan fingerprint density at radius 1 is 1.62 bits per heavy atom. The van der Waals surface area contributed by atoms with Crippen molar-refractivity contribution in [3.63, 3.8) is 0 Å². The van der Waals surface area contributed by atoms with Crippen LogP contribution in [0.15, 0.2) is 37.7 Å². The zero-order chi connectivity index (χ0) is 9.42. The Balaban J connectivity index is 2.44. The number of fused-ring (bicyclic) bond motifs is 1. The molecule has 2 N–H and O–H groups in total. The molecule has 0 bridgehead atoms. The van der Waals surface area contributed by atoms with E-state index < -0.39 is 5.91 Å². The number of aliphatic imine (C=N–C) groups is 1. The van der Waals surface area contributed by atoms with Crippen LogP contribution in [0.3, 0.4) is 0 Å². The van der Waals surface area contributed by atoms with Gasteiger partial charge in [-0.2, -0.15) is 5.11 Å². The molecule has 0 saturated heterocycles. The summed E-state index contributed by atoms with van der Waals surface area (Å²) in [4.78, 5) is 14.8. The van der Waals surface area contributed by atoms with Gasteiger partial charge in [-0.25, -0.2) is 4.99 Å². The van der Waals surface area contributed by atoms with Crippen LogP contribution in [0, 0.1) is 0 Å². The minimum absolute atomic E-state index is 0.112. The van der Waals surface area contributed by atoms with E-state index in [0.29, 0.717) is 17.8 Å². The number of nitrogens with zero attached hydrogens (tertiary/aromatic N) is 3. The van der Waals surface area contributed by atoms with Crippen molar-refractivity contribution < 1.29 is 4.79 Å². The standard InChI is InChI=1S/C7H5ClN4O/c8-5-4(6(9)13)1-3-2-10-12-7(3)11-5/h2H,1H2,(H2,9,13). The first-order valence-electron chi connectivity index (χ1n) is 3.56. The monoisotopic (exact) mass is 196 g/mol. The molecule has 0 saturated carbocycles.